The number of primary amides is 1. The van der Waals surface area contributed by atoms with E-state index in [1.165, 1.54) is 0 Å². The van der Waals surface area contributed by atoms with Crippen molar-refractivity contribution in [3.05, 3.63) is 29.0 Å². The minimum atomic E-state index is -0.364. The van der Waals surface area contributed by atoms with Crippen LogP contribution in [0.4, 0.5) is 4.79 Å². The highest BCUT2D eigenvalue weighted by Crippen LogP contribution is 2.60. The number of rotatable bonds is 3. The number of carbonyl (C=O) groups excluding carboxylic acids is 2. The molecule has 1 aromatic carbocycles. The highest BCUT2D eigenvalue weighted by atomic mass is 35.5. The van der Waals surface area contributed by atoms with Crippen LogP contribution in [0.3, 0.4) is 0 Å². The number of ether oxygens (including phenoxy) is 1. The lowest BCUT2D eigenvalue weighted by atomic mass is 9.48. The number of aromatic nitrogens is 2. The van der Waals surface area contributed by atoms with Crippen LogP contribution in [0.2, 0.25) is 5.02 Å². The second kappa shape index (κ2) is 7.11. The first-order valence-electron chi connectivity index (χ1n) is 11.7. The third-order valence-corrected chi connectivity index (χ3v) is 8.88. The molecule has 170 valence electrons. The Morgan fingerprint density at radius 1 is 1.22 bits per heavy atom. The Hall–Kier alpha value is -2.28. The lowest BCUT2D eigenvalue weighted by Crippen LogP contribution is -2.59. The van der Waals surface area contributed by atoms with Crippen molar-refractivity contribution < 1.29 is 14.3 Å². The van der Waals surface area contributed by atoms with Gasteiger partial charge in [-0.2, -0.15) is 0 Å². The molecular formula is C24H29ClN4O3. The van der Waals surface area contributed by atoms with Crippen molar-refractivity contribution in [2.24, 2.45) is 28.9 Å². The van der Waals surface area contributed by atoms with Gasteiger partial charge in [-0.25, -0.2) is 9.78 Å². The number of benzene rings is 1. The summed E-state index contributed by atoms with van der Waals surface area (Å²) in [6.45, 7) is 3.23. The molecule has 0 radical (unpaired) electrons. The summed E-state index contributed by atoms with van der Waals surface area (Å²) in [5.74, 6) is 1.81. The number of hydrogen-bond acceptors (Lipinski definition) is 4. The second-order valence-corrected chi connectivity index (χ2v) is 10.9. The maximum atomic E-state index is 13.1. The summed E-state index contributed by atoms with van der Waals surface area (Å²) < 4.78 is 8.30. The zero-order valence-corrected chi connectivity index (χ0v) is 19.1. The van der Waals surface area contributed by atoms with Crippen molar-refractivity contribution >= 4 is 34.6 Å². The molecule has 1 saturated heterocycles. The Kier molecular flexibility index (Phi) is 4.52. The Morgan fingerprint density at radius 3 is 2.69 bits per heavy atom. The van der Waals surface area contributed by atoms with E-state index in [2.05, 4.69) is 9.55 Å². The fourth-order valence-electron chi connectivity index (χ4n) is 7.45. The molecule has 4 aliphatic carbocycles. The minimum absolute atomic E-state index is 0.0872. The first kappa shape index (κ1) is 20.3. The van der Waals surface area contributed by atoms with Crippen molar-refractivity contribution in [1.29, 1.82) is 0 Å². The number of fused-ring (bicyclic) bond motifs is 1. The Balaban J connectivity index is 1.17. The van der Waals surface area contributed by atoms with Crippen molar-refractivity contribution in [2.45, 2.75) is 57.6 Å². The largest absolute Gasteiger partial charge is 0.446 e. The number of halogens is 1. The number of amides is 2. The molecule has 8 heteroatoms. The lowest BCUT2D eigenvalue weighted by Gasteiger charge is -2.58. The molecule has 2 heterocycles. The molecule has 2 aromatic rings. The van der Waals surface area contributed by atoms with E-state index in [4.69, 9.17) is 22.1 Å². The van der Waals surface area contributed by atoms with Crippen molar-refractivity contribution in [3.63, 3.8) is 0 Å². The maximum absolute atomic E-state index is 13.1. The summed E-state index contributed by atoms with van der Waals surface area (Å²) in [7, 11) is 0. The lowest BCUT2D eigenvalue weighted by molar-refractivity contribution is -0.161. The normalized spacial score (nSPS) is 35.6. The van der Waals surface area contributed by atoms with E-state index in [1.807, 2.05) is 30.0 Å². The van der Waals surface area contributed by atoms with E-state index < -0.39 is 0 Å². The average Bonchev–Trinajstić information content (AvgIpc) is 3.34. The average molecular weight is 457 g/mol. The molecule has 7 rings (SSSR count). The molecule has 7 nitrogen and oxygen atoms in total. The third-order valence-electron chi connectivity index (χ3n) is 8.57. The Morgan fingerprint density at radius 2 is 1.97 bits per heavy atom. The van der Waals surface area contributed by atoms with E-state index in [0.717, 1.165) is 55.4 Å². The topological polar surface area (TPSA) is 90.4 Å². The van der Waals surface area contributed by atoms with E-state index in [9.17, 15) is 9.59 Å². The Bertz CT molecular complexity index is 1100. The van der Waals surface area contributed by atoms with Crippen LogP contribution in [0.15, 0.2) is 18.2 Å². The number of para-hydroxylation sites is 1. The minimum Gasteiger partial charge on any atom is -0.446 e. The summed E-state index contributed by atoms with van der Waals surface area (Å²) >= 11 is 6.49. The summed E-state index contributed by atoms with van der Waals surface area (Å²) in [6, 6.07) is 5.89. The summed E-state index contributed by atoms with van der Waals surface area (Å²) in [5, 5.41) is 0.682. The predicted molar refractivity (Wildman–Crippen MR) is 120 cm³/mol. The third kappa shape index (κ3) is 2.96. The fraction of sp³-hybridized carbons (Fsp3) is 0.625. The van der Waals surface area contributed by atoms with Crippen molar-refractivity contribution in [1.82, 2.24) is 14.5 Å². The van der Waals surface area contributed by atoms with Crippen LogP contribution in [-0.2, 0) is 9.53 Å². The van der Waals surface area contributed by atoms with Crippen molar-refractivity contribution in [2.75, 3.05) is 13.1 Å². The molecule has 0 spiro atoms. The van der Waals surface area contributed by atoms with Crippen LogP contribution in [-0.4, -0.2) is 45.6 Å². The summed E-state index contributed by atoms with van der Waals surface area (Å²) in [6.07, 6.45) is 5.09. The van der Waals surface area contributed by atoms with Gasteiger partial charge in [-0.3, -0.25) is 4.79 Å². The molecule has 6 atom stereocenters. The SMILES string of the molecule is Cc1nc2cccc(Cl)c2n1C1CCN(C(=O)OC2C3CC4C[C@@H]2CC(C(N)=O)(C4)C3)C1. The van der Waals surface area contributed by atoms with Crippen molar-refractivity contribution in [3.8, 4) is 0 Å². The standard InChI is InChI=1S/C24H29ClN4O3/c1-13-27-19-4-2-3-18(25)20(19)29(13)17-5-6-28(12-17)23(31)32-21-15-7-14-8-16(21)11-24(9-14,10-15)22(26)30/h2-4,14-17,21H,5-12H2,1H3,(H2,26,30)/t14?,15-,16?,17?,21?,24?/m1/s1. The zero-order valence-electron chi connectivity index (χ0n) is 18.3. The van der Waals surface area contributed by atoms with Gasteiger partial charge in [-0.15, -0.1) is 0 Å². The highest BCUT2D eigenvalue weighted by Gasteiger charge is 2.59. The molecule has 32 heavy (non-hydrogen) atoms. The predicted octanol–water partition coefficient (Wildman–Crippen LogP) is 4.06. The number of imidazole rings is 1. The Labute approximate surface area is 192 Å². The molecule has 2 N–H and O–H groups in total. The monoisotopic (exact) mass is 456 g/mol. The summed E-state index contributed by atoms with van der Waals surface area (Å²) in [5.41, 5.74) is 7.24. The number of nitrogens with zero attached hydrogens (tertiary/aromatic N) is 3. The van der Waals surface area contributed by atoms with E-state index in [0.29, 0.717) is 24.0 Å². The van der Waals surface area contributed by atoms with Gasteiger partial charge in [0, 0.05) is 13.1 Å². The molecular weight excluding hydrogens is 428 g/mol. The van der Waals surface area contributed by atoms with Gasteiger partial charge >= 0.3 is 6.09 Å². The second-order valence-electron chi connectivity index (χ2n) is 10.5. The van der Waals surface area contributed by atoms with E-state index in [-0.39, 0.29) is 41.4 Å². The fourth-order valence-corrected chi connectivity index (χ4v) is 7.71. The van der Waals surface area contributed by atoms with E-state index in [1.54, 1.807) is 0 Å². The van der Waals surface area contributed by atoms with Gasteiger partial charge in [0.1, 0.15) is 11.9 Å². The number of hydrogen-bond donors (Lipinski definition) is 1. The molecule has 4 saturated carbocycles. The van der Waals surface area contributed by atoms with Crippen LogP contribution in [0, 0.1) is 30.1 Å². The summed E-state index contributed by atoms with van der Waals surface area (Å²) in [4.78, 5) is 31.8. The molecule has 5 fully saturated rings. The molecule has 4 bridgehead atoms. The smallest absolute Gasteiger partial charge is 0.410 e. The van der Waals surface area contributed by atoms with Gasteiger partial charge in [0.2, 0.25) is 5.91 Å². The number of likely N-dealkylation sites (tertiary alicyclic amines) is 1. The zero-order chi connectivity index (χ0) is 22.2. The van der Waals surface area contributed by atoms with Gasteiger partial charge < -0.3 is 19.9 Å². The number of nitrogens with two attached hydrogens (primary N) is 1. The highest BCUT2D eigenvalue weighted by molar-refractivity contribution is 6.35. The van der Waals surface area contributed by atoms with E-state index >= 15 is 0 Å². The van der Waals surface area contributed by atoms with Gasteiger partial charge in [0.15, 0.2) is 0 Å². The molecule has 1 aliphatic heterocycles. The first-order chi connectivity index (χ1) is 15.3. The number of aryl methyl sites for hydroxylation is 1. The first-order valence-corrected chi connectivity index (χ1v) is 12.1. The maximum Gasteiger partial charge on any atom is 0.410 e. The quantitative estimate of drug-likeness (QED) is 0.753. The van der Waals surface area contributed by atoms with Crippen LogP contribution < -0.4 is 5.73 Å². The number of carbonyl (C=O) groups is 2. The molecule has 5 unspecified atom stereocenters. The van der Waals surface area contributed by atoms with Crippen LogP contribution in [0.25, 0.3) is 11.0 Å². The van der Waals surface area contributed by atoms with Gasteiger partial charge in [0.05, 0.1) is 27.5 Å². The van der Waals surface area contributed by atoms with Crippen LogP contribution in [0.5, 0.6) is 0 Å². The van der Waals surface area contributed by atoms with Crippen LogP contribution >= 0.6 is 11.6 Å². The van der Waals surface area contributed by atoms with Gasteiger partial charge in [-0.05, 0) is 75.3 Å². The molecule has 5 aliphatic rings. The molecule has 1 aromatic heterocycles. The molecule has 2 amide bonds. The van der Waals surface area contributed by atoms with Gasteiger partial charge in [0.25, 0.3) is 0 Å². The van der Waals surface area contributed by atoms with Gasteiger partial charge in [-0.1, -0.05) is 17.7 Å². The van der Waals surface area contributed by atoms with Crippen LogP contribution in [0.1, 0.15) is 50.4 Å².